The topological polar surface area (TPSA) is 73.5 Å². The summed E-state index contributed by atoms with van der Waals surface area (Å²) in [5.74, 6) is 0. The third kappa shape index (κ3) is 4.84. The van der Waals surface area contributed by atoms with Gasteiger partial charge < -0.3 is 15.2 Å². The molecule has 0 fully saturated rings. The van der Waals surface area contributed by atoms with Crippen molar-refractivity contribution in [3.63, 3.8) is 0 Å². The first-order valence-electron chi connectivity index (χ1n) is 5.04. The Morgan fingerprint density at radius 1 is 1.19 bits per heavy atom. The van der Waals surface area contributed by atoms with E-state index in [0.717, 1.165) is 24.6 Å². The van der Waals surface area contributed by atoms with Crippen molar-refractivity contribution in [3.8, 4) is 0 Å². The van der Waals surface area contributed by atoms with E-state index in [0.29, 0.717) is 18.3 Å². The molecule has 0 unspecified atom stereocenters. The van der Waals surface area contributed by atoms with Crippen LogP contribution in [0.25, 0.3) is 0 Å². The van der Waals surface area contributed by atoms with Crippen LogP contribution in [0.5, 0.6) is 0 Å². The highest BCUT2D eigenvalue weighted by Gasteiger charge is 2.09. The number of nitrogen functional groups attached to an aromatic ring is 1. The quantitative estimate of drug-likeness (QED) is 0.707. The Hall–Kier alpha value is -0.760. The Morgan fingerprint density at radius 3 is 2.25 bits per heavy atom. The van der Waals surface area contributed by atoms with Gasteiger partial charge in [-0.3, -0.25) is 4.90 Å². The van der Waals surface area contributed by atoms with Crippen molar-refractivity contribution in [1.82, 2.24) is 15.1 Å². The van der Waals surface area contributed by atoms with E-state index in [2.05, 4.69) is 15.1 Å². The van der Waals surface area contributed by atoms with E-state index in [4.69, 9.17) is 15.2 Å². The van der Waals surface area contributed by atoms with Crippen LogP contribution in [0.2, 0.25) is 0 Å². The lowest BCUT2D eigenvalue weighted by atomic mass is 10.4. The van der Waals surface area contributed by atoms with Gasteiger partial charge in [-0.15, -0.1) is 10.2 Å². The van der Waals surface area contributed by atoms with Crippen LogP contribution in [0.3, 0.4) is 0 Å². The number of aromatic nitrogens is 2. The summed E-state index contributed by atoms with van der Waals surface area (Å²) in [6.45, 7) is 3.82. The van der Waals surface area contributed by atoms with Gasteiger partial charge in [0.25, 0.3) is 0 Å². The fourth-order valence-electron chi connectivity index (χ4n) is 1.23. The molecule has 2 N–H and O–H groups in total. The Kier molecular flexibility index (Phi) is 6.24. The molecule has 0 aliphatic heterocycles. The normalized spacial score (nSPS) is 11.2. The first-order valence-corrected chi connectivity index (χ1v) is 5.86. The van der Waals surface area contributed by atoms with Crippen LogP contribution < -0.4 is 5.73 Å². The molecule has 6 nitrogen and oxygen atoms in total. The van der Waals surface area contributed by atoms with E-state index in [9.17, 15) is 0 Å². The second-order valence-corrected chi connectivity index (χ2v) is 4.39. The first kappa shape index (κ1) is 13.3. The molecule has 1 heterocycles. The van der Waals surface area contributed by atoms with Crippen molar-refractivity contribution in [2.24, 2.45) is 0 Å². The highest BCUT2D eigenvalue weighted by atomic mass is 32.1. The summed E-state index contributed by atoms with van der Waals surface area (Å²) in [6.07, 6.45) is 0. The smallest absolute Gasteiger partial charge is 0.203 e. The molecule has 0 spiro atoms. The third-order valence-electron chi connectivity index (χ3n) is 2.06. The summed E-state index contributed by atoms with van der Waals surface area (Å²) in [5.41, 5.74) is 5.53. The van der Waals surface area contributed by atoms with Crippen LogP contribution in [0.4, 0.5) is 5.13 Å². The van der Waals surface area contributed by atoms with Crippen molar-refractivity contribution < 1.29 is 9.47 Å². The zero-order chi connectivity index (χ0) is 11.8. The van der Waals surface area contributed by atoms with E-state index >= 15 is 0 Å². The Bertz CT molecular complexity index is 287. The zero-order valence-corrected chi connectivity index (χ0v) is 10.5. The van der Waals surface area contributed by atoms with Crippen molar-refractivity contribution in [2.75, 3.05) is 46.3 Å². The van der Waals surface area contributed by atoms with E-state index in [1.807, 2.05) is 0 Å². The van der Waals surface area contributed by atoms with Gasteiger partial charge in [0, 0.05) is 27.3 Å². The highest BCUT2D eigenvalue weighted by molar-refractivity contribution is 7.15. The maximum atomic E-state index is 5.53. The third-order valence-corrected chi connectivity index (χ3v) is 2.80. The fraction of sp³-hybridized carbons (Fsp3) is 0.778. The van der Waals surface area contributed by atoms with Crippen molar-refractivity contribution in [2.45, 2.75) is 6.54 Å². The van der Waals surface area contributed by atoms with Crippen LogP contribution >= 0.6 is 11.3 Å². The SMILES string of the molecule is COCCN(CCOC)Cc1nnc(N)s1. The lowest BCUT2D eigenvalue weighted by Crippen LogP contribution is -2.30. The molecule has 1 aromatic rings. The Morgan fingerprint density at radius 2 is 1.81 bits per heavy atom. The molecular weight excluding hydrogens is 228 g/mol. The minimum Gasteiger partial charge on any atom is -0.383 e. The highest BCUT2D eigenvalue weighted by Crippen LogP contribution is 2.13. The zero-order valence-electron chi connectivity index (χ0n) is 9.68. The van der Waals surface area contributed by atoms with Gasteiger partial charge in [0.1, 0.15) is 5.01 Å². The molecule has 0 aliphatic rings. The van der Waals surface area contributed by atoms with Crippen molar-refractivity contribution in [3.05, 3.63) is 5.01 Å². The molecule has 0 saturated heterocycles. The summed E-state index contributed by atoms with van der Waals surface area (Å²) >= 11 is 1.42. The van der Waals surface area contributed by atoms with Crippen LogP contribution in [-0.4, -0.2) is 55.6 Å². The van der Waals surface area contributed by atoms with Gasteiger partial charge in [0.2, 0.25) is 5.13 Å². The van der Waals surface area contributed by atoms with Crippen molar-refractivity contribution >= 4 is 16.5 Å². The molecule has 1 rings (SSSR count). The van der Waals surface area contributed by atoms with E-state index < -0.39 is 0 Å². The van der Waals surface area contributed by atoms with Gasteiger partial charge in [-0.05, 0) is 0 Å². The minimum absolute atomic E-state index is 0.508. The summed E-state index contributed by atoms with van der Waals surface area (Å²) in [5, 5.41) is 9.21. The number of hydrogen-bond acceptors (Lipinski definition) is 7. The van der Waals surface area contributed by atoms with Crippen LogP contribution in [0, 0.1) is 0 Å². The molecule has 7 heteroatoms. The largest absolute Gasteiger partial charge is 0.383 e. The second-order valence-electron chi connectivity index (χ2n) is 3.30. The second kappa shape index (κ2) is 7.50. The number of methoxy groups -OCH3 is 2. The predicted octanol–water partition coefficient (Wildman–Crippen LogP) is 0.215. The summed E-state index contributed by atoms with van der Waals surface area (Å²) in [6, 6.07) is 0. The lowest BCUT2D eigenvalue weighted by Gasteiger charge is -2.19. The fourth-order valence-corrected chi connectivity index (χ4v) is 1.88. The monoisotopic (exact) mass is 246 g/mol. The summed E-state index contributed by atoms with van der Waals surface area (Å²) in [4.78, 5) is 2.20. The van der Waals surface area contributed by atoms with E-state index in [1.165, 1.54) is 11.3 Å². The average Bonchev–Trinajstić information content (AvgIpc) is 2.68. The predicted molar refractivity (Wildman–Crippen MR) is 63.4 cm³/mol. The number of nitrogens with two attached hydrogens (primary N) is 1. The van der Waals surface area contributed by atoms with Crippen LogP contribution in [0.1, 0.15) is 5.01 Å². The Labute approximate surface area is 99.4 Å². The standard InChI is InChI=1S/C9H18N4O2S/c1-14-5-3-13(4-6-15-2)7-8-11-12-9(10)16-8/h3-7H2,1-2H3,(H2,10,12). The average molecular weight is 246 g/mol. The minimum atomic E-state index is 0.508. The molecular formula is C9H18N4O2S. The number of rotatable bonds is 8. The van der Waals surface area contributed by atoms with Crippen molar-refractivity contribution in [1.29, 1.82) is 0 Å². The Balaban J connectivity index is 2.41. The first-order chi connectivity index (χ1) is 7.76. The number of nitrogens with zero attached hydrogens (tertiary/aromatic N) is 3. The number of anilines is 1. The van der Waals surface area contributed by atoms with Gasteiger partial charge >= 0.3 is 0 Å². The number of hydrogen-bond donors (Lipinski definition) is 1. The van der Waals surface area contributed by atoms with E-state index in [-0.39, 0.29) is 0 Å². The molecule has 16 heavy (non-hydrogen) atoms. The maximum absolute atomic E-state index is 5.53. The van der Waals surface area contributed by atoms with E-state index in [1.54, 1.807) is 14.2 Å². The molecule has 0 aliphatic carbocycles. The molecule has 0 amide bonds. The van der Waals surface area contributed by atoms with Crippen LogP contribution in [-0.2, 0) is 16.0 Å². The lowest BCUT2D eigenvalue weighted by molar-refractivity contribution is 0.110. The number of ether oxygens (including phenoxy) is 2. The molecule has 0 atom stereocenters. The summed E-state index contributed by atoms with van der Waals surface area (Å²) in [7, 11) is 3.38. The molecule has 0 bridgehead atoms. The maximum Gasteiger partial charge on any atom is 0.203 e. The summed E-state index contributed by atoms with van der Waals surface area (Å²) < 4.78 is 10.1. The van der Waals surface area contributed by atoms with Gasteiger partial charge in [-0.25, -0.2) is 0 Å². The van der Waals surface area contributed by atoms with Gasteiger partial charge in [-0.1, -0.05) is 11.3 Å². The van der Waals surface area contributed by atoms with Crippen LogP contribution in [0.15, 0.2) is 0 Å². The molecule has 0 saturated carbocycles. The molecule has 1 aromatic heterocycles. The van der Waals surface area contributed by atoms with Gasteiger partial charge in [0.05, 0.1) is 19.8 Å². The molecule has 0 aromatic carbocycles. The molecule has 0 radical (unpaired) electrons. The molecule has 92 valence electrons. The van der Waals surface area contributed by atoms with Gasteiger partial charge in [-0.2, -0.15) is 0 Å². The van der Waals surface area contributed by atoms with Gasteiger partial charge in [0.15, 0.2) is 0 Å².